The molecule has 20 heavy (non-hydrogen) atoms. The van der Waals surface area contributed by atoms with E-state index in [9.17, 15) is 4.79 Å². The molecule has 106 valence electrons. The molecule has 6 heteroatoms. The van der Waals surface area contributed by atoms with Crippen LogP contribution >= 0.6 is 11.6 Å². The van der Waals surface area contributed by atoms with E-state index in [2.05, 4.69) is 21.3 Å². The van der Waals surface area contributed by atoms with Crippen LogP contribution in [-0.2, 0) is 0 Å². The van der Waals surface area contributed by atoms with Crippen LogP contribution in [0.3, 0.4) is 0 Å². The Hall–Kier alpha value is -1.64. The van der Waals surface area contributed by atoms with Gasteiger partial charge < -0.3 is 5.32 Å². The van der Waals surface area contributed by atoms with E-state index >= 15 is 0 Å². The predicted octanol–water partition coefficient (Wildman–Crippen LogP) is 1.76. The van der Waals surface area contributed by atoms with Gasteiger partial charge in [0.1, 0.15) is 0 Å². The highest BCUT2D eigenvalue weighted by Gasteiger charge is 2.21. The normalized spacial score (nSPS) is 16.6. The Bertz CT molecular complexity index is 532. The summed E-state index contributed by atoms with van der Waals surface area (Å²) in [6.45, 7) is 3.95. The van der Waals surface area contributed by atoms with Crippen LogP contribution in [0.25, 0.3) is 0 Å². The number of halogens is 1. The number of aryl methyl sites for hydroxylation is 1. The number of rotatable bonds is 3. The molecule has 0 unspecified atom stereocenters. The third-order valence-electron chi connectivity index (χ3n) is 3.45. The Morgan fingerprint density at radius 1 is 1.60 bits per heavy atom. The van der Waals surface area contributed by atoms with E-state index in [-0.39, 0.29) is 11.9 Å². The molecular formula is C14H17ClN4O. The highest BCUT2D eigenvalue weighted by molar-refractivity contribution is 6.33. The Morgan fingerprint density at radius 2 is 2.30 bits per heavy atom. The van der Waals surface area contributed by atoms with Crippen LogP contribution in [0.4, 0.5) is 0 Å². The van der Waals surface area contributed by atoms with Crippen molar-refractivity contribution in [3.05, 3.63) is 28.5 Å². The van der Waals surface area contributed by atoms with E-state index in [1.165, 1.54) is 6.20 Å². The number of pyridine rings is 1. The van der Waals surface area contributed by atoms with Crippen molar-refractivity contribution in [1.29, 1.82) is 5.26 Å². The number of hydrogen-bond donors (Lipinski definition) is 1. The molecule has 1 aliphatic rings. The summed E-state index contributed by atoms with van der Waals surface area (Å²) < 4.78 is 0. The van der Waals surface area contributed by atoms with Crippen molar-refractivity contribution in [2.75, 3.05) is 19.6 Å². The molecule has 0 atom stereocenters. The molecule has 1 fully saturated rings. The molecule has 2 heterocycles. The summed E-state index contributed by atoms with van der Waals surface area (Å²) in [7, 11) is 0. The van der Waals surface area contributed by atoms with Crippen molar-refractivity contribution in [1.82, 2.24) is 15.2 Å². The number of amides is 1. The number of likely N-dealkylation sites (tertiary alicyclic amines) is 1. The second-order valence-corrected chi connectivity index (χ2v) is 5.39. The zero-order chi connectivity index (χ0) is 14.5. The fourth-order valence-corrected chi connectivity index (χ4v) is 2.58. The SMILES string of the molecule is Cc1cc(Cl)c(C(=O)NC2CCN(CC#N)CC2)cn1. The number of carbonyl (C=O) groups excluding carboxylic acids is 1. The standard InChI is InChI=1S/C14H17ClN4O/c1-10-8-13(15)12(9-17-10)14(20)18-11-2-5-19(6-3-11)7-4-16/h8-9,11H,2-3,5-7H2,1H3,(H,18,20). The molecule has 2 rings (SSSR count). The van der Waals surface area contributed by atoms with Crippen LogP contribution in [0.15, 0.2) is 12.3 Å². The lowest BCUT2D eigenvalue weighted by Crippen LogP contribution is -2.44. The summed E-state index contributed by atoms with van der Waals surface area (Å²) in [5.41, 5.74) is 1.20. The van der Waals surface area contributed by atoms with Crippen molar-refractivity contribution in [3.8, 4) is 6.07 Å². The molecule has 0 radical (unpaired) electrons. The van der Waals surface area contributed by atoms with E-state index in [4.69, 9.17) is 16.9 Å². The Labute approximate surface area is 123 Å². The van der Waals surface area contributed by atoms with Crippen molar-refractivity contribution in [2.45, 2.75) is 25.8 Å². The van der Waals surface area contributed by atoms with Crippen molar-refractivity contribution >= 4 is 17.5 Å². The number of nitrogens with one attached hydrogen (secondary N) is 1. The molecule has 0 bridgehead atoms. The maximum Gasteiger partial charge on any atom is 0.254 e. The second kappa shape index (κ2) is 6.69. The zero-order valence-corrected chi connectivity index (χ0v) is 12.2. The minimum absolute atomic E-state index is 0.134. The summed E-state index contributed by atoms with van der Waals surface area (Å²) in [6, 6.07) is 3.97. The molecule has 0 aromatic carbocycles. The molecule has 0 aliphatic carbocycles. The van der Waals surface area contributed by atoms with Gasteiger partial charge >= 0.3 is 0 Å². The lowest BCUT2D eigenvalue weighted by Gasteiger charge is -2.30. The van der Waals surface area contributed by atoms with Gasteiger partial charge in [-0.2, -0.15) is 5.26 Å². The number of nitrogens with zero attached hydrogens (tertiary/aromatic N) is 3. The number of aromatic nitrogens is 1. The van der Waals surface area contributed by atoms with Gasteiger partial charge in [0, 0.05) is 31.0 Å². The lowest BCUT2D eigenvalue weighted by atomic mass is 10.0. The van der Waals surface area contributed by atoms with Gasteiger partial charge in [-0.1, -0.05) is 11.6 Å². The summed E-state index contributed by atoms with van der Waals surface area (Å²) in [5, 5.41) is 12.1. The topological polar surface area (TPSA) is 69.0 Å². The molecule has 1 amide bonds. The molecule has 1 aromatic heterocycles. The van der Waals surface area contributed by atoms with Gasteiger partial charge in [-0.25, -0.2) is 0 Å². The Morgan fingerprint density at radius 3 is 2.90 bits per heavy atom. The van der Waals surface area contributed by atoms with Crippen LogP contribution in [0.5, 0.6) is 0 Å². The fraction of sp³-hybridized carbons (Fsp3) is 0.500. The van der Waals surface area contributed by atoms with Crippen molar-refractivity contribution in [3.63, 3.8) is 0 Å². The van der Waals surface area contributed by atoms with Crippen molar-refractivity contribution < 1.29 is 4.79 Å². The Balaban J connectivity index is 1.91. The maximum atomic E-state index is 12.2. The second-order valence-electron chi connectivity index (χ2n) is 4.99. The first-order valence-electron chi connectivity index (χ1n) is 6.62. The van der Waals surface area contributed by atoms with E-state index in [1.54, 1.807) is 6.07 Å². The van der Waals surface area contributed by atoms with Gasteiger partial charge in [0.15, 0.2) is 0 Å². The molecule has 1 aliphatic heterocycles. The fourth-order valence-electron chi connectivity index (χ4n) is 2.29. The van der Waals surface area contributed by atoms with Gasteiger partial charge in [0.2, 0.25) is 0 Å². The average Bonchev–Trinajstić information content (AvgIpc) is 2.41. The van der Waals surface area contributed by atoms with E-state index in [1.807, 2.05) is 6.92 Å². The maximum absolute atomic E-state index is 12.2. The largest absolute Gasteiger partial charge is 0.349 e. The smallest absolute Gasteiger partial charge is 0.254 e. The minimum atomic E-state index is -0.179. The average molecular weight is 293 g/mol. The van der Waals surface area contributed by atoms with Crippen LogP contribution in [0.1, 0.15) is 28.9 Å². The number of nitriles is 1. The molecule has 5 nitrogen and oxygen atoms in total. The third kappa shape index (κ3) is 3.69. The van der Waals surface area contributed by atoms with Crippen LogP contribution < -0.4 is 5.32 Å². The van der Waals surface area contributed by atoms with Crippen LogP contribution in [0.2, 0.25) is 5.02 Å². The van der Waals surface area contributed by atoms with Gasteiger partial charge in [-0.05, 0) is 25.8 Å². The predicted molar refractivity (Wildman–Crippen MR) is 76.5 cm³/mol. The Kier molecular flexibility index (Phi) is 4.94. The highest BCUT2D eigenvalue weighted by Crippen LogP contribution is 2.17. The first-order chi connectivity index (χ1) is 9.60. The molecular weight excluding hydrogens is 276 g/mol. The summed E-state index contributed by atoms with van der Waals surface area (Å²) >= 11 is 6.06. The monoisotopic (exact) mass is 292 g/mol. The van der Waals surface area contributed by atoms with E-state index < -0.39 is 0 Å². The highest BCUT2D eigenvalue weighted by atomic mass is 35.5. The number of hydrogen-bond acceptors (Lipinski definition) is 4. The van der Waals surface area contributed by atoms with Gasteiger partial charge in [-0.15, -0.1) is 0 Å². The van der Waals surface area contributed by atoms with Gasteiger partial charge in [0.05, 0.1) is 23.2 Å². The molecule has 1 saturated heterocycles. The van der Waals surface area contributed by atoms with Crippen LogP contribution in [0, 0.1) is 18.3 Å². The molecule has 0 saturated carbocycles. The third-order valence-corrected chi connectivity index (χ3v) is 3.76. The van der Waals surface area contributed by atoms with Crippen LogP contribution in [-0.4, -0.2) is 41.5 Å². The number of piperidine rings is 1. The summed E-state index contributed by atoms with van der Waals surface area (Å²) in [4.78, 5) is 18.3. The molecule has 1 N–H and O–H groups in total. The zero-order valence-electron chi connectivity index (χ0n) is 11.4. The van der Waals surface area contributed by atoms with Gasteiger partial charge in [-0.3, -0.25) is 14.7 Å². The van der Waals surface area contributed by atoms with Gasteiger partial charge in [0.25, 0.3) is 5.91 Å². The number of carbonyl (C=O) groups is 1. The quantitative estimate of drug-likeness (QED) is 0.862. The van der Waals surface area contributed by atoms with Crippen molar-refractivity contribution in [2.24, 2.45) is 0 Å². The first kappa shape index (κ1) is 14.8. The lowest BCUT2D eigenvalue weighted by molar-refractivity contribution is 0.0914. The van der Waals surface area contributed by atoms with E-state index in [0.29, 0.717) is 17.1 Å². The minimum Gasteiger partial charge on any atom is -0.349 e. The molecule has 1 aromatic rings. The first-order valence-corrected chi connectivity index (χ1v) is 7.00. The van der Waals surface area contributed by atoms with E-state index in [0.717, 1.165) is 31.6 Å². The summed E-state index contributed by atoms with van der Waals surface area (Å²) in [5.74, 6) is -0.179. The molecule has 0 spiro atoms. The summed E-state index contributed by atoms with van der Waals surface area (Å²) in [6.07, 6.45) is 3.21.